The number of hydrogen-bond donors (Lipinski definition) is 3. The van der Waals surface area contributed by atoms with Gasteiger partial charge < -0.3 is 30.3 Å². The molecule has 34 heavy (non-hydrogen) atoms. The minimum absolute atomic E-state index is 0.00499. The van der Waals surface area contributed by atoms with Gasteiger partial charge in [-0.05, 0) is 18.2 Å². The number of likely N-dealkylation sites (tertiary alicyclic amines) is 1. The molecule has 0 radical (unpaired) electrons. The van der Waals surface area contributed by atoms with Crippen molar-refractivity contribution in [1.82, 2.24) is 20.0 Å². The summed E-state index contributed by atoms with van der Waals surface area (Å²) >= 11 is 0. The van der Waals surface area contributed by atoms with E-state index in [0.29, 0.717) is 31.0 Å². The Kier molecular flexibility index (Phi) is 5.25. The molecule has 4 N–H and O–H groups in total. The molecule has 3 aromatic rings. The van der Waals surface area contributed by atoms with E-state index in [0.717, 1.165) is 0 Å². The summed E-state index contributed by atoms with van der Waals surface area (Å²) < 4.78 is 25.1. The summed E-state index contributed by atoms with van der Waals surface area (Å²) in [6.45, 7) is 1.34. The highest BCUT2D eigenvalue weighted by Crippen LogP contribution is 2.35. The number of nitrogens with two attached hydrogens (primary N) is 1. The van der Waals surface area contributed by atoms with Gasteiger partial charge in [-0.1, -0.05) is 5.16 Å². The fourth-order valence-electron chi connectivity index (χ4n) is 3.89. The molecule has 4 heterocycles. The molecule has 176 valence electrons. The second kappa shape index (κ2) is 8.15. The number of aliphatic hydroxyl groups is 1. The van der Waals surface area contributed by atoms with E-state index in [4.69, 9.17) is 15.0 Å². The number of amides is 2. The fraction of sp³-hybridized carbons (Fsp3) is 0.318. The van der Waals surface area contributed by atoms with E-state index in [1.807, 2.05) is 0 Å². The minimum atomic E-state index is -1.79. The number of likely N-dealkylation sites (N-methyl/N-ethyl adjacent to an activating group) is 1. The van der Waals surface area contributed by atoms with Crippen LogP contribution in [0.3, 0.4) is 0 Å². The molecule has 0 bridgehead atoms. The molecular formula is C22H21FN6O5. The molecule has 1 unspecified atom stereocenters. The normalized spacial score (nSPS) is 20.4. The molecule has 11 nitrogen and oxygen atoms in total. The summed E-state index contributed by atoms with van der Waals surface area (Å²) in [5.41, 5.74) is 4.68. The number of rotatable bonds is 6. The number of anilines is 1. The van der Waals surface area contributed by atoms with Gasteiger partial charge in [-0.3, -0.25) is 9.59 Å². The topological polar surface area (TPSA) is 157 Å². The van der Waals surface area contributed by atoms with Crippen LogP contribution in [0.5, 0.6) is 0 Å². The number of benzene rings is 1. The van der Waals surface area contributed by atoms with E-state index in [1.54, 1.807) is 7.05 Å². The zero-order valence-corrected chi connectivity index (χ0v) is 18.1. The smallest absolute Gasteiger partial charge is 0.269 e. The summed E-state index contributed by atoms with van der Waals surface area (Å²) in [5, 5.41) is 17.8. The summed E-state index contributed by atoms with van der Waals surface area (Å²) in [5.74, 6) is -1.93. The van der Waals surface area contributed by atoms with Crippen LogP contribution >= 0.6 is 0 Å². The van der Waals surface area contributed by atoms with Crippen LogP contribution in [0, 0.1) is 5.82 Å². The molecule has 1 atom stereocenters. The Morgan fingerprint density at radius 3 is 2.79 bits per heavy atom. The second-order valence-corrected chi connectivity index (χ2v) is 8.31. The molecule has 5 rings (SSSR count). The van der Waals surface area contributed by atoms with Crippen molar-refractivity contribution in [2.75, 3.05) is 32.1 Å². The monoisotopic (exact) mass is 468 g/mol. The van der Waals surface area contributed by atoms with Gasteiger partial charge in [0.1, 0.15) is 11.5 Å². The Hall–Kier alpha value is -3.90. The molecule has 1 aromatic carbocycles. The number of nitrogens with one attached hydrogen (secondary N) is 1. The SMILES string of the molecule is CN1CCC(O)(c2cc(-c3ccc(F)c(-c4ncc(NC5COC5)c(C(N)=O)n4)c3)no2)C1=O. The van der Waals surface area contributed by atoms with Gasteiger partial charge in [0.25, 0.3) is 11.8 Å². The van der Waals surface area contributed by atoms with Crippen molar-refractivity contribution in [3.63, 3.8) is 0 Å². The summed E-state index contributed by atoms with van der Waals surface area (Å²) in [4.78, 5) is 34.1. The van der Waals surface area contributed by atoms with Crippen molar-refractivity contribution >= 4 is 17.5 Å². The predicted molar refractivity (Wildman–Crippen MR) is 116 cm³/mol. The van der Waals surface area contributed by atoms with Crippen LogP contribution in [0.4, 0.5) is 10.1 Å². The lowest BCUT2D eigenvalue weighted by atomic mass is 9.98. The maximum absolute atomic E-state index is 14.7. The molecule has 2 aliphatic heterocycles. The number of carbonyl (C=O) groups is 2. The number of halogens is 1. The van der Waals surface area contributed by atoms with Gasteiger partial charge in [-0.2, -0.15) is 0 Å². The van der Waals surface area contributed by atoms with E-state index in [9.17, 15) is 19.1 Å². The van der Waals surface area contributed by atoms with Crippen molar-refractivity contribution in [2.45, 2.75) is 18.1 Å². The fourth-order valence-corrected chi connectivity index (χ4v) is 3.89. The predicted octanol–water partition coefficient (Wildman–Crippen LogP) is 0.897. The van der Waals surface area contributed by atoms with Crippen LogP contribution in [0.15, 0.2) is 35.0 Å². The average Bonchev–Trinajstić information content (AvgIpc) is 3.39. The lowest BCUT2D eigenvalue weighted by molar-refractivity contribution is -0.144. The van der Waals surface area contributed by atoms with Crippen molar-refractivity contribution in [2.24, 2.45) is 5.73 Å². The lowest BCUT2D eigenvalue weighted by Gasteiger charge is -2.28. The van der Waals surface area contributed by atoms with Crippen molar-refractivity contribution < 1.29 is 28.3 Å². The van der Waals surface area contributed by atoms with Crippen LogP contribution in [-0.2, 0) is 15.1 Å². The van der Waals surface area contributed by atoms with Crippen molar-refractivity contribution in [1.29, 1.82) is 0 Å². The van der Waals surface area contributed by atoms with Crippen molar-refractivity contribution in [3.05, 3.63) is 47.7 Å². The molecular weight excluding hydrogens is 447 g/mol. The highest BCUT2D eigenvalue weighted by molar-refractivity contribution is 5.96. The highest BCUT2D eigenvalue weighted by Gasteiger charge is 2.48. The van der Waals surface area contributed by atoms with Gasteiger partial charge in [-0.15, -0.1) is 0 Å². The lowest BCUT2D eigenvalue weighted by Crippen LogP contribution is -2.41. The molecule has 0 spiro atoms. The average molecular weight is 468 g/mol. The third-order valence-electron chi connectivity index (χ3n) is 5.95. The first kappa shape index (κ1) is 21.9. The molecule has 0 saturated carbocycles. The Labute approximate surface area is 192 Å². The molecule has 2 amide bonds. The van der Waals surface area contributed by atoms with Gasteiger partial charge in [0.15, 0.2) is 17.3 Å². The maximum atomic E-state index is 14.7. The zero-order chi connectivity index (χ0) is 24.0. The van der Waals surface area contributed by atoms with Crippen LogP contribution in [0.1, 0.15) is 22.7 Å². The molecule has 2 fully saturated rings. The summed E-state index contributed by atoms with van der Waals surface area (Å²) in [6.07, 6.45) is 1.54. The number of primary amides is 1. The van der Waals surface area contributed by atoms with Crippen LogP contribution in [-0.4, -0.2) is 69.8 Å². The van der Waals surface area contributed by atoms with Crippen molar-refractivity contribution in [3.8, 4) is 22.6 Å². The van der Waals surface area contributed by atoms with Crippen LogP contribution in [0.2, 0.25) is 0 Å². The maximum Gasteiger partial charge on any atom is 0.269 e. The van der Waals surface area contributed by atoms with E-state index in [1.165, 1.54) is 35.4 Å². The van der Waals surface area contributed by atoms with Gasteiger partial charge in [0.2, 0.25) is 5.60 Å². The van der Waals surface area contributed by atoms with Crippen LogP contribution in [0.25, 0.3) is 22.6 Å². The summed E-state index contributed by atoms with van der Waals surface area (Å²) in [7, 11) is 1.59. The zero-order valence-electron chi connectivity index (χ0n) is 18.1. The number of ether oxygens (including phenoxy) is 1. The Morgan fingerprint density at radius 1 is 1.35 bits per heavy atom. The number of hydrogen-bond acceptors (Lipinski definition) is 9. The quantitative estimate of drug-likeness (QED) is 0.478. The van der Waals surface area contributed by atoms with E-state index in [-0.39, 0.29) is 41.0 Å². The molecule has 2 aromatic heterocycles. The molecule has 12 heteroatoms. The number of carbonyl (C=O) groups excluding carboxylic acids is 2. The summed E-state index contributed by atoms with van der Waals surface area (Å²) in [6, 6.07) is 5.56. The van der Waals surface area contributed by atoms with Gasteiger partial charge in [0.05, 0.1) is 36.7 Å². The Balaban J connectivity index is 1.48. The molecule has 2 aliphatic rings. The first-order valence-electron chi connectivity index (χ1n) is 10.5. The van der Waals surface area contributed by atoms with Gasteiger partial charge in [-0.25, -0.2) is 14.4 Å². The van der Waals surface area contributed by atoms with Gasteiger partial charge >= 0.3 is 0 Å². The van der Waals surface area contributed by atoms with E-state index < -0.39 is 23.2 Å². The standard InChI is InChI=1S/C22H21FN6O5/c1-29-5-4-22(32,21(29)31)17-7-15(28-34-17)11-2-3-14(23)13(6-11)20-25-8-16(18(27-20)19(24)30)26-12-9-33-10-12/h2-3,6-8,12,26,32H,4-5,9-10H2,1H3,(H2,24,30). The number of nitrogens with zero attached hydrogens (tertiary/aromatic N) is 4. The minimum Gasteiger partial charge on any atom is -0.377 e. The van der Waals surface area contributed by atoms with Crippen LogP contribution < -0.4 is 11.1 Å². The Bertz CT molecular complexity index is 1290. The molecule has 0 aliphatic carbocycles. The van der Waals surface area contributed by atoms with Gasteiger partial charge in [0, 0.05) is 31.6 Å². The third kappa shape index (κ3) is 3.66. The molecule has 2 saturated heterocycles. The Morgan fingerprint density at radius 2 is 2.15 bits per heavy atom. The highest BCUT2D eigenvalue weighted by atomic mass is 19.1. The first-order chi connectivity index (χ1) is 16.3. The van der Waals surface area contributed by atoms with E-state index >= 15 is 0 Å². The third-order valence-corrected chi connectivity index (χ3v) is 5.95. The van der Waals surface area contributed by atoms with E-state index in [2.05, 4.69) is 20.4 Å². The first-order valence-corrected chi connectivity index (χ1v) is 10.5. The largest absolute Gasteiger partial charge is 0.377 e. The number of aromatic nitrogens is 3. The second-order valence-electron chi connectivity index (χ2n) is 8.31.